The van der Waals surface area contributed by atoms with Gasteiger partial charge < -0.3 is 10.2 Å². The summed E-state index contributed by atoms with van der Waals surface area (Å²) < 4.78 is 0. The number of hydrogen-bond acceptors (Lipinski definition) is 5. The Labute approximate surface area is 191 Å². The Bertz CT molecular complexity index is 757. The van der Waals surface area contributed by atoms with Crippen molar-refractivity contribution in [1.29, 1.82) is 5.41 Å². The smallest absolute Gasteiger partial charge is 0.152 e. The average Bonchev–Trinajstić information content (AvgIpc) is 3.21. The van der Waals surface area contributed by atoms with Crippen molar-refractivity contribution >= 4 is 22.6 Å². The summed E-state index contributed by atoms with van der Waals surface area (Å²) in [6, 6.07) is 0. The van der Waals surface area contributed by atoms with Crippen molar-refractivity contribution in [2.24, 2.45) is 46.3 Å². The van der Waals surface area contributed by atoms with Crippen LogP contribution in [0.5, 0.6) is 0 Å². The molecule has 4 nitrogen and oxygen atoms in total. The molecule has 1 heterocycles. The Balaban J connectivity index is 1.35. The summed E-state index contributed by atoms with van der Waals surface area (Å²) in [7, 11) is 0. The molecule has 0 radical (unpaired) electrons. The summed E-state index contributed by atoms with van der Waals surface area (Å²) >= 11 is 1.49. The lowest BCUT2D eigenvalue weighted by Gasteiger charge is -2.62. The second-order valence-electron chi connectivity index (χ2n) is 12.3. The monoisotopic (exact) mass is 447 g/mol. The van der Waals surface area contributed by atoms with Crippen molar-refractivity contribution in [3.05, 3.63) is 0 Å². The number of thioether (sulfide) groups is 1. The van der Waals surface area contributed by atoms with Crippen LogP contribution in [0.3, 0.4) is 0 Å². The Morgan fingerprint density at radius 2 is 1.77 bits per heavy atom. The molecule has 174 valence electrons. The van der Waals surface area contributed by atoms with Gasteiger partial charge in [-0.2, -0.15) is 0 Å². The number of hydrogen-bond donors (Lipinski definition) is 3. The number of nitrogens with one attached hydrogen (secondary N) is 1. The third-order valence-electron chi connectivity index (χ3n) is 11.0. The predicted octanol–water partition coefficient (Wildman–Crippen LogP) is 5.06. The Hall–Kier alpha value is -0.390. The second kappa shape index (κ2) is 7.84. The standard InChI is InChI=1S/C26H41NO3S/c1-14(10-22-20(29)13-23(27)31-22)17-4-5-18-24-19(7-9-26(17,18)3)25(2)8-6-16(28)11-15(25)12-21(24)30/h14-19,21-22,24,27-28,30H,4-13H2,1-3H3/t14-,15+,16-,17?,18?,19?,21-,22-,24?,25+,26-/m1/s1. The molecule has 5 rings (SSSR count). The maximum Gasteiger partial charge on any atom is 0.152 e. The van der Waals surface area contributed by atoms with E-state index in [-0.39, 0.29) is 34.1 Å². The van der Waals surface area contributed by atoms with Crippen molar-refractivity contribution < 1.29 is 15.0 Å². The third-order valence-corrected chi connectivity index (χ3v) is 12.1. The number of ketones is 1. The van der Waals surface area contributed by atoms with Gasteiger partial charge in [-0.15, -0.1) is 0 Å². The van der Waals surface area contributed by atoms with Crippen molar-refractivity contribution in [2.75, 3.05) is 0 Å². The van der Waals surface area contributed by atoms with E-state index in [4.69, 9.17) is 5.41 Å². The summed E-state index contributed by atoms with van der Waals surface area (Å²) in [4.78, 5) is 12.3. The van der Waals surface area contributed by atoms with Crippen molar-refractivity contribution in [1.82, 2.24) is 0 Å². The largest absolute Gasteiger partial charge is 0.393 e. The van der Waals surface area contributed by atoms with Gasteiger partial charge in [0, 0.05) is 0 Å². The molecule has 0 aromatic rings. The fraction of sp³-hybridized carbons (Fsp3) is 0.923. The first-order valence-electron chi connectivity index (χ1n) is 12.8. The van der Waals surface area contributed by atoms with Crippen LogP contribution < -0.4 is 0 Å². The van der Waals surface area contributed by atoms with Crippen LogP contribution in [0.4, 0.5) is 0 Å². The van der Waals surface area contributed by atoms with Crippen molar-refractivity contribution in [3.8, 4) is 0 Å². The molecular formula is C26H41NO3S. The fourth-order valence-corrected chi connectivity index (χ4v) is 10.6. The van der Waals surface area contributed by atoms with Gasteiger partial charge in [-0.25, -0.2) is 0 Å². The van der Waals surface area contributed by atoms with E-state index < -0.39 is 0 Å². The lowest BCUT2D eigenvalue weighted by atomic mass is 9.43. The summed E-state index contributed by atoms with van der Waals surface area (Å²) in [6.45, 7) is 7.32. The van der Waals surface area contributed by atoms with E-state index in [1.807, 2.05) is 0 Å². The van der Waals surface area contributed by atoms with E-state index in [0.29, 0.717) is 47.0 Å². The number of aliphatic hydroxyl groups excluding tert-OH is 2. The number of carbonyl (C=O) groups is 1. The molecule has 0 bridgehead atoms. The van der Waals surface area contributed by atoms with Crippen LogP contribution in [0.1, 0.15) is 85.0 Å². The minimum atomic E-state index is -0.223. The highest BCUT2D eigenvalue weighted by molar-refractivity contribution is 8.15. The van der Waals surface area contributed by atoms with Crippen LogP contribution in [0, 0.1) is 51.7 Å². The minimum Gasteiger partial charge on any atom is -0.393 e. The van der Waals surface area contributed by atoms with Crippen LogP contribution in [0.2, 0.25) is 0 Å². The van der Waals surface area contributed by atoms with E-state index in [9.17, 15) is 15.0 Å². The van der Waals surface area contributed by atoms with E-state index in [1.54, 1.807) is 0 Å². The third kappa shape index (κ3) is 3.47. The van der Waals surface area contributed by atoms with Gasteiger partial charge in [-0.1, -0.05) is 32.5 Å². The van der Waals surface area contributed by atoms with Gasteiger partial charge >= 0.3 is 0 Å². The molecule has 1 saturated heterocycles. The van der Waals surface area contributed by atoms with E-state index in [2.05, 4.69) is 20.8 Å². The summed E-state index contributed by atoms with van der Waals surface area (Å²) in [5.74, 6) is 3.42. The number of aliphatic hydroxyl groups is 2. The highest BCUT2D eigenvalue weighted by Gasteiger charge is 2.63. The highest BCUT2D eigenvalue weighted by atomic mass is 32.2. The van der Waals surface area contributed by atoms with Crippen molar-refractivity contribution in [2.45, 2.75) is 102 Å². The first kappa shape index (κ1) is 22.4. The van der Waals surface area contributed by atoms with E-state index in [1.165, 1.54) is 37.4 Å². The highest BCUT2D eigenvalue weighted by Crippen LogP contribution is 2.68. The molecule has 3 N–H and O–H groups in total. The molecule has 11 atom stereocenters. The molecule has 1 aliphatic heterocycles. The molecule has 5 heteroatoms. The minimum absolute atomic E-state index is 0.00454. The van der Waals surface area contributed by atoms with Crippen LogP contribution in [-0.4, -0.2) is 38.5 Å². The summed E-state index contributed by atoms with van der Waals surface area (Å²) in [6.07, 6.45) is 9.54. The normalized spacial score (nSPS) is 53.1. The maximum atomic E-state index is 12.3. The Kier molecular flexibility index (Phi) is 5.66. The zero-order chi connectivity index (χ0) is 22.1. The van der Waals surface area contributed by atoms with Gasteiger partial charge in [0.2, 0.25) is 0 Å². The van der Waals surface area contributed by atoms with Gasteiger partial charge in [0.25, 0.3) is 0 Å². The molecule has 4 unspecified atom stereocenters. The number of fused-ring (bicyclic) bond motifs is 5. The van der Waals surface area contributed by atoms with Crippen LogP contribution in [0.15, 0.2) is 0 Å². The summed E-state index contributed by atoms with van der Waals surface area (Å²) in [5.41, 5.74) is 0.542. The number of rotatable bonds is 3. The van der Waals surface area contributed by atoms with E-state index >= 15 is 0 Å². The van der Waals surface area contributed by atoms with Gasteiger partial charge in [0.1, 0.15) is 0 Å². The number of carbonyl (C=O) groups excluding carboxylic acids is 1. The molecule has 5 fully saturated rings. The quantitative estimate of drug-likeness (QED) is 0.565. The molecular weight excluding hydrogens is 406 g/mol. The van der Waals surface area contributed by atoms with Crippen LogP contribution >= 0.6 is 11.8 Å². The lowest BCUT2D eigenvalue weighted by molar-refractivity contribution is -0.174. The SMILES string of the molecule is C[C@H](C[C@H]1SC(=N)CC1=O)C1CCC2C3C(CC[C@@]21C)[C@@]1(C)CC[C@@H](O)C[C@H]1C[C@H]3O. The average molecular weight is 448 g/mol. The zero-order valence-corrected chi connectivity index (χ0v) is 20.3. The molecule has 31 heavy (non-hydrogen) atoms. The second-order valence-corrected chi connectivity index (χ2v) is 13.6. The fourth-order valence-electron chi connectivity index (χ4n) is 9.41. The molecule has 0 aromatic carbocycles. The molecule has 0 amide bonds. The Morgan fingerprint density at radius 3 is 2.48 bits per heavy atom. The topological polar surface area (TPSA) is 81.4 Å². The first-order valence-corrected chi connectivity index (χ1v) is 13.6. The maximum absolute atomic E-state index is 12.3. The molecule has 0 spiro atoms. The van der Waals surface area contributed by atoms with Crippen LogP contribution in [-0.2, 0) is 4.79 Å². The van der Waals surface area contributed by atoms with Gasteiger partial charge in [0.15, 0.2) is 5.78 Å². The molecule has 4 saturated carbocycles. The summed E-state index contributed by atoms with van der Waals surface area (Å²) in [5, 5.41) is 30.1. The lowest BCUT2D eigenvalue weighted by Crippen LogP contribution is -2.58. The number of Topliss-reactive ketones (excluding diaryl/α,β-unsaturated/α-hetero) is 1. The molecule has 0 aromatic heterocycles. The van der Waals surface area contributed by atoms with Gasteiger partial charge in [-0.3, -0.25) is 10.2 Å². The Morgan fingerprint density at radius 1 is 1.06 bits per heavy atom. The molecule has 4 aliphatic carbocycles. The van der Waals surface area contributed by atoms with Gasteiger partial charge in [-0.05, 0) is 104 Å². The van der Waals surface area contributed by atoms with E-state index in [0.717, 1.165) is 32.1 Å². The van der Waals surface area contributed by atoms with Crippen LogP contribution in [0.25, 0.3) is 0 Å². The first-order chi connectivity index (χ1) is 14.6. The van der Waals surface area contributed by atoms with Gasteiger partial charge in [0.05, 0.1) is 28.9 Å². The van der Waals surface area contributed by atoms with Crippen molar-refractivity contribution in [3.63, 3.8) is 0 Å². The predicted molar refractivity (Wildman–Crippen MR) is 125 cm³/mol. The zero-order valence-electron chi connectivity index (χ0n) is 19.5. The molecule has 5 aliphatic rings.